The van der Waals surface area contributed by atoms with Crippen molar-refractivity contribution >= 4 is 11.9 Å². The van der Waals surface area contributed by atoms with Gasteiger partial charge in [-0.25, -0.2) is 14.8 Å². The number of hydrogen-bond acceptors (Lipinski definition) is 5. The van der Waals surface area contributed by atoms with Crippen LogP contribution in [0.1, 0.15) is 46.2 Å². The van der Waals surface area contributed by atoms with Gasteiger partial charge in [0, 0.05) is 37.4 Å². The van der Waals surface area contributed by atoms with Crippen molar-refractivity contribution in [1.29, 1.82) is 0 Å². The van der Waals surface area contributed by atoms with Gasteiger partial charge in [-0.15, -0.1) is 0 Å². The quantitative estimate of drug-likeness (QED) is 0.852. The number of anilines is 1. The van der Waals surface area contributed by atoms with Gasteiger partial charge in [-0.3, -0.25) is 0 Å². The number of nitrogens with zero attached hydrogens (tertiary/aromatic N) is 4. The van der Waals surface area contributed by atoms with Crippen LogP contribution in [-0.4, -0.2) is 52.2 Å². The molecule has 0 bridgehead atoms. The summed E-state index contributed by atoms with van der Waals surface area (Å²) in [6, 6.07) is 2.31. The van der Waals surface area contributed by atoms with Crippen molar-refractivity contribution in [2.75, 3.05) is 24.5 Å². The topological polar surface area (TPSA) is 58.6 Å². The van der Waals surface area contributed by atoms with E-state index in [1.54, 1.807) is 11.2 Å². The number of hydrogen-bond donors (Lipinski definition) is 0. The molecule has 1 atom stereocenters. The second-order valence-electron chi connectivity index (χ2n) is 7.98. The molecular formula is C18H28N4O2. The Morgan fingerprint density at radius 2 is 2.04 bits per heavy atom. The van der Waals surface area contributed by atoms with E-state index < -0.39 is 5.60 Å². The van der Waals surface area contributed by atoms with Crippen LogP contribution in [0.15, 0.2) is 12.4 Å². The second kappa shape index (κ2) is 6.57. The van der Waals surface area contributed by atoms with Gasteiger partial charge in [0.25, 0.3) is 0 Å². The maximum Gasteiger partial charge on any atom is 0.410 e. The lowest BCUT2D eigenvalue weighted by Crippen LogP contribution is -2.54. The van der Waals surface area contributed by atoms with Gasteiger partial charge in [-0.1, -0.05) is 0 Å². The second-order valence-corrected chi connectivity index (χ2v) is 7.98. The van der Waals surface area contributed by atoms with Crippen molar-refractivity contribution < 1.29 is 9.53 Å². The van der Waals surface area contributed by atoms with Crippen LogP contribution in [0.3, 0.4) is 0 Å². The number of carbonyl (C=O) groups excluding carboxylic acids is 1. The highest BCUT2D eigenvalue weighted by Gasteiger charge is 2.30. The van der Waals surface area contributed by atoms with Gasteiger partial charge in [0.1, 0.15) is 17.7 Å². The minimum absolute atomic E-state index is 0.204. The Morgan fingerprint density at radius 3 is 2.67 bits per heavy atom. The van der Waals surface area contributed by atoms with E-state index in [0.29, 0.717) is 13.1 Å². The summed E-state index contributed by atoms with van der Waals surface area (Å²) in [7, 11) is 0. The van der Waals surface area contributed by atoms with Crippen molar-refractivity contribution in [3.8, 4) is 0 Å². The molecule has 1 aromatic heterocycles. The molecule has 0 aromatic carbocycles. The first-order valence-corrected chi connectivity index (χ1v) is 8.87. The van der Waals surface area contributed by atoms with E-state index in [0.717, 1.165) is 30.4 Å². The molecule has 2 heterocycles. The van der Waals surface area contributed by atoms with Gasteiger partial charge in [0.05, 0.1) is 0 Å². The third-order valence-electron chi connectivity index (χ3n) is 4.48. The number of rotatable bonds is 3. The maximum atomic E-state index is 12.2. The van der Waals surface area contributed by atoms with Crippen molar-refractivity contribution in [2.45, 2.75) is 58.6 Å². The summed E-state index contributed by atoms with van der Waals surface area (Å²) in [5.41, 5.74) is 0.672. The Labute approximate surface area is 144 Å². The molecule has 1 aliphatic carbocycles. The van der Waals surface area contributed by atoms with E-state index in [2.05, 4.69) is 27.9 Å². The van der Waals surface area contributed by atoms with Crippen molar-refractivity contribution in [3.05, 3.63) is 18.1 Å². The van der Waals surface area contributed by atoms with Crippen molar-refractivity contribution in [3.63, 3.8) is 0 Å². The largest absolute Gasteiger partial charge is 0.444 e. The Kier molecular flexibility index (Phi) is 4.65. The van der Waals surface area contributed by atoms with Crippen LogP contribution >= 0.6 is 0 Å². The summed E-state index contributed by atoms with van der Waals surface area (Å²) >= 11 is 0. The minimum Gasteiger partial charge on any atom is -0.444 e. The summed E-state index contributed by atoms with van der Waals surface area (Å²) in [5, 5.41) is 0. The standard InChI is InChI=1S/C18H28N4O2/c1-13-11-21(17(23)24-18(2,3)4)7-8-22(13)16-10-15(19-12-20-16)9-14-5-6-14/h10,12-14H,5-9,11H2,1-4H3/t13-/m1/s1. The molecule has 6 heteroatoms. The lowest BCUT2D eigenvalue weighted by atomic mass is 10.1. The zero-order chi connectivity index (χ0) is 17.3. The lowest BCUT2D eigenvalue weighted by Gasteiger charge is -2.40. The Balaban J connectivity index is 1.62. The number of aromatic nitrogens is 2. The summed E-state index contributed by atoms with van der Waals surface area (Å²) < 4.78 is 5.48. The minimum atomic E-state index is -0.457. The lowest BCUT2D eigenvalue weighted by molar-refractivity contribution is 0.0218. The molecule has 1 amide bonds. The van der Waals surface area contributed by atoms with Gasteiger partial charge in [0.15, 0.2) is 0 Å². The average molecular weight is 332 g/mol. The number of carbonyl (C=O) groups is 1. The number of piperazine rings is 1. The summed E-state index contributed by atoms with van der Waals surface area (Å²) in [5.74, 6) is 1.78. The van der Waals surface area contributed by atoms with Gasteiger partial charge in [-0.05, 0) is 52.9 Å². The molecule has 0 spiro atoms. The molecule has 2 aliphatic rings. The van der Waals surface area contributed by atoms with E-state index >= 15 is 0 Å². The van der Waals surface area contributed by atoms with E-state index in [1.165, 1.54) is 12.8 Å². The monoisotopic (exact) mass is 332 g/mol. The Bertz CT molecular complexity index is 595. The predicted molar refractivity (Wildman–Crippen MR) is 93.1 cm³/mol. The van der Waals surface area contributed by atoms with Gasteiger partial charge >= 0.3 is 6.09 Å². The molecule has 1 saturated heterocycles. The van der Waals surface area contributed by atoms with E-state index in [9.17, 15) is 4.79 Å². The van der Waals surface area contributed by atoms with Crippen LogP contribution in [0.2, 0.25) is 0 Å². The number of ether oxygens (including phenoxy) is 1. The fourth-order valence-electron chi connectivity index (χ4n) is 3.06. The molecular weight excluding hydrogens is 304 g/mol. The highest BCUT2D eigenvalue weighted by atomic mass is 16.6. The maximum absolute atomic E-state index is 12.2. The third-order valence-corrected chi connectivity index (χ3v) is 4.48. The molecule has 6 nitrogen and oxygen atoms in total. The average Bonchev–Trinajstić information content (AvgIpc) is 3.29. The fraction of sp³-hybridized carbons (Fsp3) is 0.722. The van der Waals surface area contributed by atoms with Gasteiger partial charge in [-0.2, -0.15) is 0 Å². The van der Waals surface area contributed by atoms with Crippen LogP contribution in [-0.2, 0) is 11.2 Å². The fourth-order valence-corrected chi connectivity index (χ4v) is 3.06. The first-order chi connectivity index (χ1) is 11.3. The first-order valence-electron chi connectivity index (χ1n) is 8.87. The molecule has 3 rings (SSSR count). The van der Waals surface area contributed by atoms with Gasteiger partial charge in [0.2, 0.25) is 0 Å². The predicted octanol–water partition coefficient (Wildman–Crippen LogP) is 2.87. The normalized spacial score (nSPS) is 21.8. The highest BCUT2D eigenvalue weighted by molar-refractivity contribution is 5.68. The molecule has 1 aliphatic heterocycles. The summed E-state index contributed by atoms with van der Waals surface area (Å²) in [4.78, 5) is 25.1. The van der Waals surface area contributed by atoms with E-state index in [-0.39, 0.29) is 12.1 Å². The molecule has 24 heavy (non-hydrogen) atoms. The molecule has 0 unspecified atom stereocenters. The summed E-state index contributed by atoms with van der Waals surface area (Å²) in [6.45, 7) is 9.88. The van der Waals surface area contributed by atoms with Crippen LogP contribution < -0.4 is 4.90 Å². The van der Waals surface area contributed by atoms with Crippen LogP contribution in [0.25, 0.3) is 0 Å². The first kappa shape index (κ1) is 17.0. The molecule has 0 radical (unpaired) electrons. The number of amides is 1. The van der Waals surface area contributed by atoms with Crippen LogP contribution in [0.5, 0.6) is 0 Å². The smallest absolute Gasteiger partial charge is 0.410 e. The van der Waals surface area contributed by atoms with Crippen LogP contribution in [0.4, 0.5) is 10.6 Å². The molecule has 132 valence electrons. The molecule has 1 saturated carbocycles. The zero-order valence-electron chi connectivity index (χ0n) is 15.2. The van der Waals surface area contributed by atoms with Gasteiger partial charge < -0.3 is 14.5 Å². The molecule has 2 fully saturated rings. The van der Waals surface area contributed by atoms with Crippen molar-refractivity contribution in [2.24, 2.45) is 5.92 Å². The van der Waals surface area contributed by atoms with E-state index in [1.807, 2.05) is 20.8 Å². The molecule has 1 aromatic rings. The molecule has 0 N–H and O–H groups in total. The Morgan fingerprint density at radius 1 is 1.29 bits per heavy atom. The Hall–Kier alpha value is -1.85. The highest BCUT2D eigenvalue weighted by Crippen LogP contribution is 2.32. The SMILES string of the molecule is C[C@@H]1CN(C(=O)OC(C)(C)C)CCN1c1cc(CC2CC2)ncn1. The van der Waals surface area contributed by atoms with Crippen molar-refractivity contribution in [1.82, 2.24) is 14.9 Å². The zero-order valence-corrected chi connectivity index (χ0v) is 15.2. The van der Waals surface area contributed by atoms with Crippen LogP contribution in [0, 0.1) is 5.92 Å². The third kappa shape index (κ3) is 4.36. The summed E-state index contributed by atoms with van der Waals surface area (Å²) in [6.07, 6.45) is 5.14. The van der Waals surface area contributed by atoms with E-state index in [4.69, 9.17) is 4.74 Å².